The normalized spacial score (nSPS) is 13.5. The predicted molar refractivity (Wildman–Crippen MR) is 65.4 cm³/mol. The molecule has 1 aromatic carbocycles. The fourth-order valence-electron chi connectivity index (χ4n) is 1.39. The minimum absolute atomic E-state index is 0.333. The molecule has 1 rings (SSSR count). The van der Waals surface area contributed by atoms with E-state index >= 15 is 0 Å². The molecule has 3 nitrogen and oxygen atoms in total. The van der Waals surface area contributed by atoms with E-state index in [1.54, 1.807) is 32.9 Å². The Morgan fingerprint density at radius 2 is 2.12 bits per heavy atom. The highest BCUT2D eigenvalue weighted by atomic mass is 19.1. The van der Waals surface area contributed by atoms with Crippen LogP contribution in [0.4, 0.5) is 4.39 Å². The zero-order chi connectivity index (χ0) is 13.1. The summed E-state index contributed by atoms with van der Waals surface area (Å²) in [6, 6.07) is 4.30. The van der Waals surface area contributed by atoms with E-state index in [1.165, 1.54) is 6.07 Å². The van der Waals surface area contributed by atoms with E-state index in [-0.39, 0.29) is 11.9 Å². The molecule has 1 atom stereocenters. The summed E-state index contributed by atoms with van der Waals surface area (Å²) >= 11 is 0. The van der Waals surface area contributed by atoms with Crippen molar-refractivity contribution in [2.24, 2.45) is 5.73 Å². The Bertz CT molecular complexity index is 372. The Morgan fingerprint density at radius 3 is 2.59 bits per heavy atom. The fraction of sp³-hybridized carbons (Fsp3) is 0.538. The minimum atomic E-state index is -0.774. The minimum Gasteiger partial charge on any atom is -0.493 e. The average Bonchev–Trinajstić information content (AvgIpc) is 2.15. The van der Waals surface area contributed by atoms with Gasteiger partial charge in [0.05, 0.1) is 12.2 Å². The van der Waals surface area contributed by atoms with E-state index in [4.69, 9.17) is 10.5 Å². The van der Waals surface area contributed by atoms with Crippen LogP contribution in [0.3, 0.4) is 0 Å². The molecule has 0 aliphatic carbocycles. The zero-order valence-electron chi connectivity index (χ0n) is 10.5. The number of aliphatic hydroxyl groups is 1. The van der Waals surface area contributed by atoms with E-state index in [2.05, 4.69) is 0 Å². The van der Waals surface area contributed by atoms with Gasteiger partial charge in [-0.3, -0.25) is 0 Å². The lowest BCUT2D eigenvalue weighted by atomic mass is 10.1. The first-order valence-corrected chi connectivity index (χ1v) is 5.70. The first kappa shape index (κ1) is 13.9. The molecule has 0 saturated carbocycles. The molecule has 3 N–H and O–H groups in total. The maximum atomic E-state index is 13.6. The Labute approximate surface area is 101 Å². The van der Waals surface area contributed by atoms with Crippen molar-refractivity contribution < 1.29 is 14.2 Å². The second-order valence-corrected chi connectivity index (χ2v) is 4.88. The molecule has 0 spiro atoms. The first-order chi connectivity index (χ1) is 7.79. The van der Waals surface area contributed by atoms with Gasteiger partial charge in [-0.15, -0.1) is 0 Å². The summed E-state index contributed by atoms with van der Waals surface area (Å²) in [5, 5.41) is 9.50. The van der Waals surface area contributed by atoms with Crippen molar-refractivity contribution in [1.29, 1.82) is 0 Å². The van der Waals surface area contributed by atoms with Crippen LogP contribution in [0.2, 0.25) is 0 Å². The van der Waals surface area contributed by atoms with Crippen molar-refractivity contribution in [3.8, 4) is 5.75 Å². The second kappa shape index (κ2) is 5.47. The summed E-state index contributed by atoms with van der Waals surface area (Å²) in [6.07, 6.45) is 0.490. The summed E-state index contributed by atoms with van der Waals surface area (Å²) in [7, 11) is 0. The van der Waals surface area contributed by atoms with Crippen molar-refractivity contribution >= 4 is 0 Å². The maximum absolute atomic E-state index is 13.6. The Balaban J connectivity index is 2.59. The second-order valence-electron chi connectivity index (χ2n) is 4.88. The molecule has 0 aromatic heterocycles. The van der Waals surface area contributed by atoms with E-state index in [0.29, 0.717) is 24.3 Å². The quantitative estimate of drug-likeness (QED) is 0.832. The number of benzene rings is 1. The number of hydrogen-bond donors (Lipinski definition) is 2. The van der Waals surface area contributed by atoms with Crippen LogP contribution in [-0.4, -0.2) is 17.3 Å². The van der Waals surface area contributed by atoms with Gasteiger partial charge in [-0.1, -0.05) is 6.07 Å². The predicted octanol–water partition coefficient (Wildman–Crippen LogP) is 2.39. The molecule has 1 aromatic rings. The van der Waals surface area contributed by atoms with Crippen molar-refractivity contribution in [2.75, 3.05) is 6.61 Å². The van der Waals surface area contributed by atoms with Crippen LogP contribution < -0.4 is 10.5 Å². The Hall–Kier alpha value is -1.13. The van der Waals surface area contributed by atoms with E-state index in [1.807, 2.05) is 0 Å². The average molecular weight is 241 g/mol. The summed E-state index contributed by atoms with van der Waals surface area (Å²) < 4.78 is 18.9. The lowest BCUT2D eigenvalue weighted by Gasteiger charge is -2.17. The molecule has 96 valence electrons. The largest absolute Gasteiger partial charge is 0.493 e. The molecule has 0 fully saturated rings. The molecular formula is C13H20FNO2. The van der Waals surface area contributed by atoms with Crippen molar-refractivity contribution in [1.82, 2.24) is 0 Å². The van der Waals surface area contributed by atoms with Gasteiger partial charge < -0.3 is 15.6 Å². The molecule has 0 amide bonds. The van der Waals surface area contributed by atoms with Crippen molar-refractivity contribution in [3.63, 3.8) is 0 Å². The van der Waals surface area contributed by atoms with E-state index in [9.17, 15) is 9.50 Å². The van der Waals surface area contributed by atoms with Gasteiger partial charge in [0.25, 0.3) is 0 Å². The molecule has 4 heteroatoms. The van der Waals surface area contributed by atoms with Crippen molar-refractivity contribution in [2.45, 2.75) is 38.8 Å². The molecule has 17 heavy (non-hydrogen) atoms. The highest BCUT2D eigenvalue weighted by Gasteiger charge is 2.13. The standard InChI is InChI=1S/C13H20FNO2/c1-9(15)11-5-4-10(8-12(11)14)17-7-6-13(2,3)16/h4-5,8-9,16H,6-7,15H2,1-3H3. The molecule has 0 saturated heterocycles. The monoisotopic (exact) mass is 241 g/mol. The summed E-state index contributed by atoms with van der Waals surface area (Å²) in [6.45, 7) is 5.49. The van der Waals surface area contributed by atoms with Gasteiger partial charge in [-0.25, -0.2) is 4.39 Å². The van der Waals surface area contributed by atoms with Gasteiger partial charge >= 0.3 is 0 Å². The number of ether oxygens (including phenoxy) is 1. The highest BCUT2D eigenvalue weighted by Crippen LogP contribution is 2.21. The smallest absolute Gasteiger partial charge is 0.131 e. The van der Waals surface area contributed by atoms with Crippen molar-refractivity contribution in [3.05, 3.63) is 29.6 Å². The summed E-state index contributed by atoms with van der Waals surface area (Å²) in [5.41, 5.74) is 5.31. The molecule has 0 heterocycles. The van der Waals surface area contributed by atoms with Crippen LogP contribution in [0, 0.1) is 5.82 Å². The maximum Gasteiger partial charge on any atom is 0.131 e. The van der Waals surface area contributed by atoms with Gasteiger partial charge in [0.2, 0.25) is 0 Å². The molecule has 0 bridgehead atoms. The van der Waals surface area contributed by atoms with Crippen LogP contribution in [0.5, 0.6) is 5.75 Å². The van der Waals surface area contributed by atoms with E-state index in [0.717, 1.165) is 0 Å². The van der Waals surface area contributed by atoms with Gasteiger partial charge in [-0.2, -0.15) is 0 Å². The summed E-state index contributed by atoms with van der Waals surface area (Å²) in [5.74, 6) is 0.0944. The molecule has 1 unspecified atom stereocenters. The van der Waals surface area contributed by atoms with Crippen LogP contribution >= 0.6 is 0 Å². The summed E-state index contributed by atoms with van der Waals surface area (Å²) in [4.78, 5) is 0. The van der Waals surface area contributed by atoms with Crippen LogP contribution in [0.25, 0.3) is 0 Å². The fourth-order valence-corrected chi connectivity index (χ4v) is 1.39. The Morgan fingerprint density at radius 1 is 1.47 bits per heavy atom. The van der Waals surface area contributed by atoms with Gasteiger partial charge in [-0.05, 0) is 26.8 Å². The number of hydrogen-bond acceptors (Lipinski definition) is 3. The Kier molecular flexibility index (Phi) is 4.48. The highest BCUT2D eigenvalue weighted by molar-refractivity contribution is 5.30. The molecule has 0 aliphatic rings. The number of nitrogens with two attached hydrogens (primary N) is 1. The van der Waals surface area contributed by atoms with Crippen LogP contribution in [0.1, 0.15) is 38.8 Å². The third-order valence-corrected chi connectivity index (χ3v) is 2.45. The topological polar surface area (TPSA) is 55.5 Å². The molecular weight excluding hydrogens is 221 g/mol. The number of halogens is 1. The third kappa shape index (κ3) is 4.71. The SMILES string of the molecule is CC(N)c1ccc(OCCC(C)(C)O)cc1F. The lowest BCUT2D eigenvalue weighted by molar-refractivity contribution is 0.0553. The molecule has 0 radical (unpaired) electrons. The van der Waals surface area contributed by atoms with E-state index < -0.39 is 5.60 Å². The van der Waals surface area contributed by atoms with Gasteiger partial charge in [0, 0.05) is 24.1 Å². The lowest BCUT2D eigenvalue weighted by Crippen LogP contribution is -2.21. The number of rotatable bonds is 5. The van der Waals surface area contributed by atoms with Gasteiger partial charge in [0.15, 0.2) is 0 Å². The zero-order valence-corrected chi connectivity index (χ0v) is 10.5. The third-order valence-electron chi connectivity index (χ3n) is 2.45. The van der Waals surface area contributed by atoms with Gasteiger partial charge in [0.1, 0.15) is 11.6 Å². The van der Waals surface area contributed by atoms with Crippen LogP contribution in [0.15, 0.2) is 18.2 Å². The first-order valence-electron chi connectivity index (χ1n) is 5.70. The van der Waals surface area contributed by atoms with Crippen LogP contribution in [-0.2, 0) is 0 Å². The molecule has 0 aliphatic heterocycles.